The molecule has 1 saturated carbocycles. The number of aliphatic hydroxyl groups is 1. The second-order valence-corrected chi connectivity index (χ2v) is 6.61. The Morgan fingerprint density at radius 3 is 2.47 bits per heavy atom. The fourth-order valence-corrected chi connectivity index (χ4v) is 4.03. The summed E-state index contributed by atoms with van der Waals surface area (Å²) in [7, 11) is 0. The maximum absolute atomic E-state index is 11.7. The molecule has 3 N–H and O–H groups in total. The van der Waals surface area contributed by atoms with Crippen LogP contribution in [0.4, 0.5) is 10.7 Å². The Labute approximate surface area is 117 Å². The van der Waals surface area contributed by atoms with Gasteiger partial charge in [-0.15, -0.1) is 11.3 Å². The van der Waals surface area contributed by atoms with Crippen molar-refractivity contribution in [3.8, 4) is 0 Å². The van der Waals surface area contributed by atoms with Crippen molar-refractivity contribution in [2.45, 2.75) is 44.6 Å². The molecule has 1 aromatic rings. The second-order valence-electron chi connectivity index (χ2n) is 5.61. The van der Waals surface area contributed by atoms with Gasteiger partial charge in [0.15, 0.2) is 5.78 Å². The summed E-state index contributed by atoms with van der Waals surface area (Å²) < 4.78 is 0. The monoisotopic (exact) mass is 280 g/mol. The summed E-state index contributed by atoms with van der Waals surface area (Å²) in [4.78, 5) is 14.7. The zero-order valence-corrected chi connectivity index (χ0v) is 12.0. The van der Waals surface area contributed by atoms with Gasteiger partial charge in [-0.2, -0.15) is 0 Å². The Morgan fingerprint density at radius 1 is 1.32 bits per heavy atom. The van der Waals surface area contributed by atoms with Crippen LogP contribution in [0, 0.1) is 0 Å². The summed E-state index contributed by atoms with van der Waals surface area (Å²) in [6.45, 7) is 3.30. The Bertz CT molecular complexity index is 500. The van der Waals surface area contributed by atoms with Crippen molar-refractivity contribution < 1.29 is 9.90 Å². The number of anilines is 2. The van der Waals surface area contributed by atoms with Crippen molar-refractivity contribution in [1.82, 2.24) is 0 Å². The van der Waals surface area contributed by atoms with E-state index in [9.17, 15) is 9.90 Å². The van der Waals surface area contributed by atoms with Gasteiger partial charge in [0, 0.05) is 25.6 Å². The zero-order chi connectivity index (χ0) is 13.6. The minimum absolute atomic E-state index is 0.0627. The Hall–Kier alpha value is -1.07. The van der Waals surface area contributed by atoms with Crippen molar-refractivity contribution in [2.24, 2.45) is 0 Å². The maximum atomic E-state index is 11.7. The number of hydrogen-bond acceptors (Lipinski definition) is 5. The molecule has 104 valence electrons. The molecule has 0 radical (unpaired) electrons. The third-order valence-electron chi connectivity index (χ3n) is 4.02. The molecule has 3 rings (SSSR count). The predicted octanol–water partition coefficient (Wildman–Crippen LogP) is 2.37. The number of rotatable bonds is 3. The van der Waals surface area contributed by atoms with Gasteiger partial charge in [0.25, 0.3) is 0 Å². The fraction of sp³-hybridized carbons (Fsp3) is 0.643. The van der Waals surface area contributed by atoms with Crippen molar-refractivity contribution in [3.63, 3.8) is 0 Å². The molecule has 2 heterocycles. The molecule has 2 fully saturated rings. The van der Waals surface area contributed by atoms with Crippen molar-refractivity contribution >= 4 is 27.8 Å². The van der Waals surface area contributed by atoms with E-state index < -0.39 is 0 Å². The van der Waals surface area contributed by atoms with E-state index in [-0.39, 0.29) is 11.9 Å². The minimum Gasteiger partial charge on any atom is -0.397 e. The Morgan fingerprint density at radius 2 is 1.95 bits per heavy atom. The quantitative estimate of drug-likeness (QED) is 0.834. The van der Waals surface area contributed by atoms with Gasteiger partial charge >= 0.3 is 0 Å². The number of thiophene rings is 1. The number of nitrogens with two attached hydrogens (primary N) is 1. The number of carbonyl (C=O) groups is 1. The van der Waals surface area contributed by atoms with E-state index in [4.69, 9.17) is 5.73 Å². The van der Waals surface area contributed by atoms with Crippen LogP contribution in [0.3, 0.4) is 0 Å². The largest absolute Gasteiger partial charge is 0.397 e. The van der Waals surface area contributed by atoms with Gasteiger partial charge in [0.1, 0.15) is 0 Å². The molecule has 5 heteroatoms. The van der Waals surface area contributed by atoms with Gasteiger partial charge in [-0.05, 0) is 31.6 Å². The first kappa shape index (κ1) is 12.9. The molecule has 0 amide bonds. The molecule has 1 aliphatic heterocycles. The zero-order valence-electron chi connectivity index (χ0n) is 11.2. The minimum atomic E-state index is -0.176. The van der Waals surface area contributed by atoms with Gasteiger partial charge in [-0.1, -0.05) is 0 Å². The third-order valence-corrected chi connectivity index (χ3v) is 5.40. The number of piperidine rings is 1. The van der Waals surface area contributed by atoms with Crippen LogP contribution in [0.1, 0.15) is 53.8 Å². The normalized spacial score (nSPS) is 20.8. The van der Waals surface area contributed by atoms with E-state index >= 15 is 0 Å². The number of Topliss-reactive ketones (excluding diaryl/α,β-unsaturated/α-hetero) is 1. The molecular formula is C14H20N2O2S. The summed E-state index contributed by atoms with van der Waals surface area (Å²) in [5.41, 5.74) is 8.10. The molecule has 0 aromatic carbocycles. The first-order valence-electron chi connectivity index (χ1n) is 6.94. The molecule has 2 aliphatic rings. The van der Waals surface area contributed by atoms with Gasteiger partial charge in [-0.25, -0.2) is 0 Å². The molecule has 0 spiro atoms. The van der Waals surface area contributed by atoms with Gasteiger partial charge in [0.2, 0.25) is 0 Å². The third kappa shape index (κ3) is 2.37. The highest BCUT2D eigenvalue weighted by atomic mass is 32.1. The van der Waals surface area contributed by atoms with Crippen LogP contribution in [0.25, 0.3) is 0 Å². The second kappa shape index (κ2) is 4.80. The van der Waals surface area contributed by atoms with Crippen LogP contribution in [0.2, 0.25) is 0 Å². The number of nitrogen functional groups attached to an aromatic ring is 1. The van der Waals surface area contributed by atoms with Crippen molar-refractivity contribution in [2.75, 3.05) is 23.7 Å². The molecule has 0 unspecified atom stereocenters. The smallest absolute Gasteiger partial charge is 0.171 e. The molecule has 1 aliphatic carbocycles. The van der Waals surface area contributed by atoms with Crippen LogP contribution in [-0.2, 0) is 0 Å². The SMILES string of the molecule is CC(=O)c1sc(N2CCC(O)CC2)c(C2CC2)c1N. The first-order valence-corrected chi connectivity index (χ1v) is 7.75. The summed E-state index contributed by atoms with van der Waals surface area (Å²) in [6, 6.07) is 0. The van der Waals surface area contributed by atoms with Crippen LogP contribution in [0.5, 0.6) is 0 Å². The summed E-state index contributed by atoms with van der Waals surface area (Å²) in [5.74, 6) is 0.610. The number of hydrogen-bond donors (Lipinski definition) is 2. The van der Waals surface area contributed by atoms with Crippen LogP contribution in [-0.4, -0.2) is 30.1 Å². The van der Waals surface area contributed by atoms with Crippen LogP contribution >= 0.6 is 11.3 Å². The van der Waals surface area contributed by atoms with E-state index in [1.54, 1.807) is 18.3 Å². The standard InChI is InChI=1S/C14H20N2O2S/c1-8(17)13-12(15)11(9-2-3-9)14(19-13)16-6-4-10(18)5-7-16/h9-10,18H,2-7,15H2,1H3. The Balaban J connectivity index is 1.95. The molecule has 4 nitrogen and oxygen atoms in total. The lowest BCUT2D eigenvalue weighted by Gasteiger charge is -2.31. The van der Waals surface area contributed by atoms with Gasteiger partial charge < -0.3 is 15.7 Å². The van der Waals surface area contributed by atoms with E-state index in [1.165, 1.54) is 23.4 Å². The molecule has 0 atom stereocenters. The van der Waals surface area contributed by atoms with Gasteiger partial charge in [-0.3, -0.25) is 4.79 Å². The summed E-state index contributed by atoms with van der Waals surface area (Å²) in [5, 5.41) is 10.8. The predicted molar refractivity (Wildman–Crippen MR) is 78.2 cm³/mol. The van der Waals surface area contributed by atoms with Gasteiger partial charge in [0.05, 0.1) is 21.7 Å². The highest BCUT2D eigenvalue weighted by Crippen LogP contribution is 2.52. The molecule has 1 saturated heterocycles. The fourth-order valence-electron chi connectivity index (χ4n) is 2.78. The first-order chi connectivity index (χ1) is 9.08. The van der Waals surface area contributed by atoms with Crippen molar-refractivity contribution in [1.29, 1.82) is 0 Å². The van der Waals surface area contributed by atoms with Crippen LogP contribution in [0.15, 0.2) is 0 Å². The lowest BCUT2D eigenvalue weighted by atomic mass is 10.1. The lowest BCUT2D eigenvalue weighted by Crippen LogP contribution is -2.35. The average Bonchev–Trinajstić information content (AvgIpc) is 3.14. The topological polar surface area (TPSA) is 66.6 Å². The van der Waals surface area contributed by atoms with E-state index in [2.05, 4.69) is 4.90 Å². The van der Waals surface area contributed by atoms with Crippen LogP contribution < -0.4 is 10.6 Å². The van der Waals surface area contributed by atoms with Crippen molar-refractivity contribution in [3.05, 3.63) is 10.4 Å². The highest BCUT2D eigenvalue weighted by molar-refractivity contribution is 7.18. The Kier molecular flexibility index (Phi) is 3.27. The number of aliphatic hydroxyl groups excluding tert-OH is 1. The van der Waals surface area contributed by atoms with E-state index in [0.29, 0.717) is 16.5 Å². The maximum Gasteiger partial charge on any atom is 0.171 e. The molecule has 1 aromatic heterocycles. The molecule has 0 bridgehead atoms. The lowest BCUT2D eigenvalue weighted by molar-refractivity contribution is 0.102. The molecular weight excluding hydrogens is 260 g/mol. The van der Waals surface area contributed by atoms with E-state index in [1.807, 2.05) is 0 Å². The van der Waals surface area contributed by atoms with E-state index in [0.717, 1.165) is 25.9 Å². The number of nitrogens with zero attached hydrogens (tertiary/aromatic N) is 1. The summed E-state index contributed by atoms with van der Waals surface area (Å²) >= 11 is 1.54. The summed E-state index contributed by atoms with van der Waals surface area (Å²) in [6.07, 6.45) is 3.79. The number of ketones is 1. The average molecular weight is 280 g/mol. The highest BCUT2D eigenvalue weighted by Gasteiger charge is 2.34. The molecule has 19 heavy (non-hydrogen) atoms. The number of carbonyl (C=O) groups excluding carboxylic acids is 1.